The number of hydrogen-bond donors (Lipinski definition) is 2. The van der Waals surface area contributed by atoms with Crippen molar-refractivity contribution in [1.29, 1.82) is 0 Å². The van der Waals surface area contributed by atoms with Gasteiger partial charge in [-0.3, -0.25) is 0 Å². The summed E-state index contributed by atoms with van der Waals surface area (Å²) in [7, 11) is 0. The molecule has 1 atom stereocenters. The summed E-state index contributed by atoms with van der Waals surface area (Å²) in [4.78, 5) is 0. The molecule has 3 nitrogen and oxygen atoms in total. The average molecular weight is 221 g/mol. The molecule has 1 fully saturated rings. The lowest BCUT2D eigenvalue weighted by Crippen LogP contribution is -2.28. The van der Waals surface area contributed by atoms with Gasteiger partial charge >= 0.3 is 0 Å². The van der Waals surface area contributed by atoms with Crippen LogP contribution in [0.1, 0.15) is 23.1 Å². The molecule has 0 saturated carbocycles. The summed E-state index contributed by atoms with van der Waals surface area (Å²) in [5.41, 5.74) is 3.32. The fourth-order valence-corrected chi connectivity index (χ4v) is 1.95. The number of aromatic hydroxyl groups is 1. The Morgan fingerprint density at radius 1 is 1.38 bits per heavy atom. The van der Waals surface area contributed by atoms with Gasteiger partial charge < -0.3 is 15.2 Å². The number of benzene rings is 1. The minimum atomic E-state index is 0.384. The van der Waals surface area contributed by atoms with E-state index in [1.54, 1.807) is 0 Å². The molecule has 88 valence electrons. The van der Waals surface area contributed by atoms with Gasteiger partial charge in [-0.05, 0) is 37.5 Å². The van der Waals surface area contributed by atoms with E-state index in [0.717, 1.165) is 30.8 Å². The molecular weight excluding hydrogens is 202 g/mol. The van der Waals surface area contributed by atoms with Crippen LogP contribution in [0.3, 0.4) is 0 Å². The molecule has 1 heterocycles. The monoisotopic (exact) mass is 221 g/mol. The van der Waals surface area contributed by atoms with E-state index in [9.17, 15) is 5.11 Å². The third-order valence-corrected chi connectivity index (χ3v) is 3.21. The predicted molar refractivity (Wildman–Crippen MR) is 63.6 cm³/mol. The van der Waals surface area contributed by atoms with E-state index >= 15 is 0 Å². The Morgan fingerprint density at radius 2 is 2.12 bits per heavy atom. The molecule has 2 rings (SSSR count). The van der Waals surface area contributed by atoms with Crippen molar-refractivity contribution in [3.8, 4) is 5.75 Å². The van der Waals surface area contributed by atoms with Gasteiger partial charge in [0.2, 0.25) is 0 Å². The standard InChI is InChI=1S/C13H19NO2/c1-9-5-11(13(15)6-10(9)2)7-14-12-3-4-16-8-12/h5-6,12,14-15H,3-4,7-8H2,1-2H3. The normalized spacial score (nSPS) is 20.2. The molecule has 1 aliphatic heterocycles. The van der Waals surface area contributed by atoms with Crippen LogP contribution in [-0.4, -0.2) is 24.4 Å². The minimum Gasteiger partial charge on any atom is -0.508 e. The van der Waals surface area contributed by atoms with Gasteiger partial charge in [-0.25, -0.2) is 0 Å². The maximum Gasteiger partial charge on any atom is 0.120 e. The quantitative estimate of drug-likeness (QED) is 0.819. The number of hydrogen-bond acceptors (Lipinski definition) is 3. The van der Waals surface area contributed by atoms with E-state index in [-0.39, 0.29) is 0 Å². The van der Waals surface area contributed by atoms with Crippen molar-refractivity contribution in [3.63, 3.8) is 0 Å². The second-order valence-corrected chi connectivity index (χ2v) is 4.51. The van der Waals surface area contributed by atoms with Gasteiger partial charge in [-0.2, -0.15) is 0 Å². The Labute approximate surface area is 96.4 Å². The van der Waals surface area contributed by atoms with Crippen LogP contribution < -0.4 is 5.32 Å². The number of phenolic OH excluding ortho intramolecular Hbond substituents is 1. The minimum absolute atomic E-state index is 0.384. The molecule has 0 aromatic heterocycles. The Balaban J connectivity index is 2.00. The summed E-state index contributed by atoms with van der Waals surface area (Å²) in [6.45, 7) is 6.41. The Bertz CT molecular complexity index is 370. The van der Waals surface area contributed by atoms with Gasteiger partial charge in [0.05, 0.1) is 6.61 Å². The van der Waals surface area contributed by atoms with Crippen molar-refractivity contribution >= 4 is 0 Å². The van der Waals surface area contributed by atoms with E-state index in [1.807, 2.05) is 19.1 Å². The van der Waals surface area contributed by atoms with Gasteiger partial charge in [0.15, 0.2) is 0 Å². The molecule has 16 heavy (non-hydrogen) atoms. The molecule has 1 unspecified atom stereocenters. The van der Waals surface area contributed by atoms with Crippen molar-refractivity contribution in [2.24, 2.45) is 0 Å². The first-order valence-electron chi connectivity index (χ1n) is 5.77. The highest BCUT2D eigenvalue weighted by Gasteiger charge is 2.15. The molecule has 0 aliphatic carbocycles. The second kappa shape index (κ2) is 4.85. The van der Waals surface area contributed by atoms with Crippen LogP contribution >= 0.6 is 0 Å². The third kappa shape index (κ3) is 2.54. The zero-order chi connectivity index (χ0) is 11.5. The van der Waals surface area contributed by atoms with Crippen LogP contribution in [0.5, 0.6) is 5.75 Å². The van der Waals surface area contributed by atoms with Crippen LogP contribution in [0.4, 0.5) is 0 Å². The van der Waals surface area contributed by atoms with Crippen LogP contribution in [0.25, 0.3) is 0 Å². The van der Waals surface area contributed by atoms with E-state index in [1.165, 1.54) is 5.56 Å². The fourth-order valence-electron chi connectivity index (χ4n) is 1.95. The number of aryl methyl sites for hydroxylation is 2. The van der Waals surface area contributed by atoms with Gasteiger partial charge in [0.1, 0.15) is 5.75 Å². The van der Waals surface area contributed by atoms with Crippen molar-refractivity contribution in [1.82, 2.24) is 5.32 Å². The van der Waals surface area contributed by atoms with Crippen LogP contribution in [0, 0.1) is 13.8 Å². The lowest BCUT2D eigenvalue weighted by molar-refractivity contribution is 0.189. The lowest BCUT2D eigenvalue weighted by Gasteiger charge is -2.13. The smallest absolute Gasteiger partial charge is 0.120 e. The highest BCUT2D eigenvalue weighted by Crippen LogP contribution is 2.22. The SMILES string of the molecule is Cc1cc(O)c(CNC2CCOC2)cc1C. The first-order chi connectivity index (χ1) is 7.66. The molecule has 1 aromatic rings. The molecule has 0 radical (unpaired) electrons. The predicted octanol–water partition coefficient (Wildman–Crippen LogP) is 1.89. The zero-order valence-corrected chi connectivity index (χ0v) is 9.92. The van der Waals surface area contributed by atoms with Crippen LogP contribution in [0.2, 0.25) is 0 Å². The summed E-state index contributed by atoms with van der Waals surface area (Å²) < 4.78 is 5.29. The molecule has 1 aromatic carbocycles. The van der Waals surface area contributed by atoms with E-state index in [0.29, 0.717) is 18.3 Å². The first kappa shape index (κ1) is 11.4. The van der Waals surface area contributed by atoms with Crippen molar-refractivity contribution in [2.75, 3.05) is 13.2 Å². The van der Waals surface area contributed by atoms with Crippen LogP contribution in [-0.2, 0) is 11.3 Å². The van der Waals surface area contributed by atoms with Crippen molar-refractivity contribution in [3.05, 3.63) is 28.8 Å². The molecule has 1 saturated heterocycles. The fraction of sp³-hybridized carbons (Fsp3) is 0.538. The Hall–Kier alpha value is -1.06. The zero-order valence-electron chi connectivity index (χ0n) is 9.92. The van der Waals surface area contributed by atoms with Crippen molar-refractivity contribution < 1.29 is 9.84 Å². The lowest BCUT2D eigenvalue weighted by atomic mass is 10.0. The summed E-state index contributed by atoms with van der Waals surface area (Å²) >= 11 is 0. The Kier molecular flexibility index (Phi) is 3.46. The molecule has 0 amide bonds. The molecule has 2 N–H and O–H groups in total. The summed E-state index contributed by atoms with van der Waals surface area (Å²) in [6.07, 6.45) is 1.06. The number of ether oxygens (including phenoxy) is 1. The van der Waals surface area contributed by atoms with Gasteiger partial charge in [-0.1, -0.05) is 6.07 Å². The number of nitrogens with one attached hydrogen (secondary N) is 1. The number of rotatable bonds is 3. The average Bonchev–Trinajstić information content (AvgIpc) is 2.74. The van der Waals surface area contributed by atoms with Gasteiger partial charge in [-0.15, -0.1) is 0 Å². The molecular formula is C13H19NO2. The highest BCUT2D eigenvalue weighted by molar-refractivity contribution is 5.40. The van der Waals surface area contributed by atoms with Gasteiger partial charge in [0, 0.05) is 24.8 Å². The van der Waals surface area contributed by atoms with E-state index < -0.39 is 0 Å². The van der Waals surface area contributed by atoms with Gasteiger partial charge in [0.25, 0.3) is 0 Å². The molecule has 1 aliphatic rings. The molecule has 0 spiro atoms. The largest absolute Gasteiger partial charge is 0.508 e. The Morgan fingerprint density at radius 3 is 2.81 bits per heavy atom. The molecule has 0 bridgehead atoms. The highest BCUT2D eigenvalue weighted by atomic mass is 16.5. The maximum atomic E-state index is 9.82. The van der Waals surface area contributed by atoms with Crippen molar-refractivity contribution in [2.45, 2.75) is 32.9 Å². The van der Waals surface area contributed by atoms with E-state index in [4.69, 9.17) is 4.74 Å². The summed E-state index contributed by atoms with van der Waals surface area (Å²) in [6, 6.07) is 4.31. The topological polar surface area (TPSA) is 41.5 Å². The third-order valence-electron chi connectivity index (χ3n) is 3.21. The second-order valence-electron chi connectivity index (χ2n) is 4.51. The first-order valence-corrected chi connectivity index (χ1v) is 5.77. The summed E-state index contributed by atoms with van der Waals surface area (Å²) in [5.74, 6) is 0.384. The number of phenols is 1. The maximum absolute atomic E-state index is 9.82. The molecule has 3 heteroatoms. The van der Waals surface area contributed by atoms with Crippen LogP contribution in [0.15, 0.2) is 12.1 Å². The van der Waals surface area contributed by atoms with E-state index in [2.05, 4.69) is 12.2 Å². The summed E-state index contributed by atoms with van der Waals surface area (Å²) in [5, 5.41) is 13.2.